The molecule has 4 nitrogen and oxygen atoms in total. The lowest BCUT2D eigenvalue weighted by Crippen LogP contribution is -2.14. The molecule has 0 aliphatic heterocycles. The third-order valence-corrected chi connectivity index (χ3v) is 3.23. The molecule has 2 rings (SSSR count). The summed E-state index contributed by atoms with van der Waals surface area (Å²) < 4.78 is 14.2. The van der Waals surface area contributed by atoms with E-state index in [1.54, 1.807) is 13.0 Å². The maximum Gasteiger partial charge on any atom is 0.335 e. The number of anilines is 1. The van der Waals surface area contributed by atoms with Gasteiger partial charge in [0.1, 0.15) is 5.82 Å². The predicted octanol–water partition coefficient (Wildman–Crippen LogP) is 3.85. The second-order valence-electron chi connectivity index (χ2n) is 4.47. The largest absolute Gasteiger partial charge is 0.478 e. The molecular formula is C15H11BrFNO3. The van der Waals surface area contributed by atoms with Crippen molar-refractivity contribution >= 4 is 33.5 Å². The molecule has 0 radical (unpaired) electrons. The molecule has 1 amide bonds. The number of carboxylic acids is 1. The number of benzene rings is 2. The Morgan fingerprint density at radius 3 is 2.52 bits per heavy atom. The number of halogens is 2. The molecule has 0 aromatic heterocycles. The van der Waals surface area contributed by atoms with Crippen molar-refractivity contribution in [2.45, 2.75) is 6.92 Å². The Bertz CT molecular complexity index is 731. The Kier molecular flexibility index (Phi) is 4.37. The third kappa shape index (κ3) is 3.66. The first-order valence-electron chi connectivity index (χ1n) is 5.98. The highest BCUT2D eigenvalue weighted by Gasteiger charge is 2.13. The normalized spacial score (nSPS) is 10.2. The zero-order valence-electron chi connectivity index (χ0n) is 11.0. The van der Waals surface area contributed by atoms with Gasteiger partial charge in [-0.2, -0.15) is 0 Å². The van der Waals surface area contributed by atoms with Crippen LogP contribution >= 0.6 is 15.9 Å². The van der Waals surface area contributed by atoms with Crippen LogP contribution in [0.15, 0.2) is 40.9 Å². The average molecular weight is 352 g/mol. The molecule has 0 aliphatic carbocycles. The van der Waals surface area contributed by atoms with E-state index in [4.69, 9.17) is 5.11 Å². The number of hydrogen-bond donors (Lipinski definition) is 2. The van der Waals surface area contributed by atoms with E-state index in [2.05, 4.69) is 21.2 Å². The van der Waals surface area contributed by atoms with Gasteiger partial charge in [-0.1, -0.05) is 22.0 Å². The lowest BCUT2D eigenvalue weighted by atomic mass is 10.1. The first-order valence-corrected chi connectivity index (χ1v) is 6.77. The number of carboxylic acid groups (broad SMARTS) is 1. The number of nitrogens with one attached hydrogen (secondary N) is 1. The SMILES string of the molecule is Cc1ccc(C(=O)Nc2cc(Br)cc(C(=O)O)c2)c(F)c1. The smallest absolute Gasteiger partial charge is 0.335 e. The first kappa shape index (κ1) is 15.2. The number of rotatable bonds is 3. The van der Waals surface area contributed by atoms with Crippen LogP contribution in [0.3, 0.4) is 0 Å². The minimum atomic E-state index is -1.12. The highest BCUT2D eigenvalue weighted by molar-refractivity contribution is 9.10. The van der Waals surface area contributed by atoms with E-state index in [0.717, 1.165) is 0 Å². The summed E-state index contributed by atoms with van der Waals surface area (Å²) >= 11 is 3.16. The minimum Gasteiger partial charge on any atom is -0.478 e. The Balaban J connectivity index is 2.29. The molecule has 0 atom stereocenters. The van der Waals surface area contributed by atoms with Crippen molar-refractivity contribution in [2.24, 2.45) is 0 Å². The average Bonchev–Trinajstić information content (AvgIpc) is 2.37. The molecule has 2 N–H and O–H groups in total. The quantitative estimate of drug-likeness (QED) is 0.882. The van der Waals surface area contributed by atoms with Gasteiger partial charge in [0.15, 0.2) is 0 Å². The molecule has 0 spiro atoms. The molecule has 2 aromatic carbocycles. The van der Waals surface area contributed by atoms with Crippen molar-refractivity contribution in [1.29, 1.82) is 0 Å². The van der Waals surface area contributed by atoms with Gasteiger partial charge in [-0.05, 0) is 42.8 Å². The second-order valence-corrected chi connectivity index (χ2v) is 5.39. The summed E-state index contributed by atoms with van der Waals surface area (Å²) in [6, 6.07) is 8.52. The Labute approximate surface area is 128 Å². The van der Waals surface area contributed by atoms with Crippen LogP contribution in [0.1, 0.15) is 26.3 Å². The van der Waals surface area contributed by atoms with Crippen LogP contribution in [0.25, 0.3) is 0 Å². The summed E-state index contributed by atoms with van der Waals surface area (Å²) in [5.41, 5.74) is 0.896. The lowest BCUT2D eigenvalue weighted by molar-refractivity contribution is 0.0696. The van der Waals surface area contributed by atoms with Gasteiger partial charge in [-0.15, -0.1) is 0 Å². The highest BCUT2D eigenvalue weighted by Crippen LogP contribution is 2.21. The van der Waals surface area contributed by atoms with Gasteiger partial charge in [0.05, 0.1) is 11.1 Å². The topological polar surface area (TPSA) is 66.4 Å². The summed E-state index contributed by atoms with van der Waals surface area (Å²) in [5, 5.41) is 11.4. The van der Waals surface area contributed by atoms with Crippen LogP contribution in [0.2, 0.25) is 0 Å². The fraction of sp³-hybridized carbons (Fsp3) is 0.0667. The zero-order chi connectivity index (χ0) is 15.6. The van der Waals surface area contributed by atoms with Crippen LogP contribution in [0.4, 0.5) is 10.1 Å². The summed E-state index contributed by atoms with van der Waals surface area (Å²) in [6.07, 6.45) is 0. The first-order chi connectivity index (χ1) is 9.86. The van der Waals surface area contributed by atoms with Crippen molar-refractivity contribution in [3.63, 3.8) is 0 Å². The Morgan fingerprint density at radius 1 is 1.19 bits per heavy atom. The monoisotopic (exact) mass is 351 g/mol. The highest BCUT2D eigenvalue weighted by atomic mass is 79.9. The molecule has 0 bridgehead atoms. The molecule has 0 saturated carbocycles. The number of carbonyl (C=O) groups is 2. The molecular weight excluding hydrogens is 341 g/mol. The predicted molar refractivity (Wildman–Crippen MR) is 80.2 cm³/mol. The Morgan fingerprint density at radius 2 is 1.90 bits per heavy atom. The van der Waals surface area contributed by atoms with Gasteiger partial charge >= 0.3 is 5.97 Å². The molecule has 0 aliphatic rings. The van der Waals surface area contributed by atoms with Crippen LogP contribution in [-0.2, 0) is 0 Å². The molecule has 0 fully saturated rings. The van der Waals surface area contributed by atoms with Crippen molar-refractivity contribution in [3.05, 3.63) is 63.4 Å². The number of carbonyl (C=O) groups excluding carboxylic acids is 1. The fourth-order valence-electron chi connectivity index (χ4n) is 1.79. The molecule has 21 heavy (non-hydrogen) atoms. The van der Waals surface area contributed by atoms with Gasteiger partial charge in [-0.3, -0.25) is 4.79 Å². The molecule has 0 unspecified atom stereocenters. The van der Waals surface area contributed by atoms with Crippen LogP contribution < -0.4 is 5.32 Å². The molecule has 0 heterocycles. The van der Waals surface area contributed by atoms with E-state index in [1.165, 1.54) is 30.3 Å². The maximum atomic E-state index is 13.7. The van der Waals surface area contributed by atoms with E-state index in [9.17, 15) is 14.0 Å². The number of aromatic carboxylic acids is 1. The fourth-order valence-corrected chi connectivity index (χ4v) is 2.28. The van der Waals surface area contributed by atoms with E-state index in [0.29, 0.717) is 10.0 Å². The van der Waals surface area contributed by atoms with Crippen LogP contribution in [-0.4, -0.2) is 17.0 Å². The molecule has 2 aromatic rings. The maximum absolute atomic E-state index is 13.7. The standard InChI is InChI=1S/C15H11BrFNO3/c1-8-2-3-12(13(17)4-8)14(19)18-11-6-9(15(20)21)5-10(16)7-11/h2-7H,1H3,(H,18,19)(H,20,21). The van der Waals surface area contributed by atoms with Gasteiger partial charge in [0.25, 0.3) is 5.91 Å². The van der Waals surface area contributed by atoms with E-state index < -0.39 is 17.7 Å². The minimum absolute atomic E-state index is 0.0176. The van der Waals surface area contributed by atoms with Gasteiger partial charge < -0.3 is 10.4 Å². The van der Waals surface area contributed by atoms with Crippen molar-refractivity contribution in [1.82, 2.24) is 0 Å². The second kappa shape index (κ2) is 6.05. The van der Waals surface area contributed by atoms with Crippen LogP contribution in [0, 0.1) is 12.7 Å². The van der Waals surface area contributed by atoms with Crippen LogP contribution in [0.5, 0.6) is 0 Å². The molecule has 108 valence electrons. The number of aryl methyl sites for hydroxylation is 1. The van der Waals surface area contributed by atoms with E-state index in [1.807, 2.05) is 0 Å². The van der Waals surface area contributed by atoms with Gasteiger partial charge in [-0.25, -0.2) is 9.18 Å². The summed E-state index contributed by atoms with van der Waals surface area (Å²) in [7, 11) is 0. The van der Waals surface area contributed by atoms with Gasteiger partial charge in [0.2, 0.25) is 0 Å². The third-order valence-electron chi connectivity index (χ3n) is 2.77. The molecule has 0 saturated heterocycles. The van der Waals surface area contributed by atoms with E-state index in [-0.39, 0.29) is 16.8 Å². The van der Waals surface area contributed by atoms with Crippen molar-refractivity contribution in [3.8, 4) is 0 Å². The van der Waals surface area contributed by atoms with E-state index >= 15 is 0 Å². The summed E-state index contributed by atoms with van der Waals surface area (Å²) in [6.45, 7) is 1.72. The van der Waals surface area contributed by atoms with Gasteiger partial charge in [0, 0.05) is 10.2 Å². The lowest BCUT2D eigenvalue weighted by Gasteiger charge is -2.08. The van der Waals surface area contributed by atoms with Crippen molar-refractivity contribution in [2.75, 3.05) is 5.32 Å². The molecule has 6 heteroatoms. The zero-order valence-corrected chi connectivity index (χ0v) is 12.6. The summed E-state index contributed by atoms with van der Waals surface area (Å²) in [5.74, 6) is -2.38. The summed E-state index contributed by atoms with van der Waals surface area (Å²) in [4.78, 5) is 23.0. The number of hydrogen-bond acceptors (Lipinski definition) is 2. The Hall–Kier alpha value is -2.21. The number of amides is 1. The van der Waals surface area contributed by atoms with Crippen molar-refractivity contribution < 1.29 is 19.1 Å².